The number of hydrogen-bond donors (Lipinski definition) is 10. The van der Waals surface area contributed by atoms with Crippen LogP contribution in [0, 0.1) is 50.2 Å². The van der Waals surface area contributed by atoms with Gasteiger partial charge in [0.2, 0.25) is 6.29 Å². The van der Waals surface area contributed by atoms with Crippen molar-refractivity contribution in [1.29, 1.82) is 0 Å². The average Bonchev–Trinajstić information content (AvgIpc) is 3.16. The van der Waals surface area contributed by atoms with E-state index in [1.807, 2.05) is 6.92 Å². The molecule has 4 saturated carbocycles. The van der Waals surface area contributed by atoms with Gasteiger partial charge in [0.25, 0.3) is 0 Å². The average molecular weight is 827 g/mol. The van der Waals surface area contributed by atoms with Crippen LogP contribution >= 0.6 is 0 Å². The van der Waals surface area contributed by atoms with Crippen molar-refractivity contribution in [3.63, 3.8) is 0 Å². The number of esters is 1. The Hall–Kier alpha value is -1.80. The molecule has 20 atom stereocenters. The summed E-state index contributed by atoms with van der Waals surface area (Å²) in [5.41, 5.74) is -2.19. The Morgan fingerprint density at radius 1 is 0.759 bits per heavy atom. The van der Waals surface area contributed by atoms with E-state index in [1.54, 1.807) is 0 Å². The zero-order valence-electron chi connectivity index (χ0n) is 34.4. The van der Waals surface area contributed by atoms with Gasteiger partial charge in [-0.15, -0.1) is 0 Å². The van der Waals surface area contributed by atoms with Crippen LogP contribution in [0.4, 0.5) is 0 Å². The maximum absolute atomic E-state index is 14.6. The molecule has 10 N–H and O–H groups in total. The summed E-state index contributed by atoms with van der Waals surface area (Å²) in [6, 6.07) is 0. The summed E-state index contributed by atoms with van der Waals surface area (Å²) in [5, 5.41) is 106. The SMILES string of the molecule is CC1(C)CC[C@]2(C(=O)O[C@@H]3O[C@H](CO)[C@@H](O)[C@H](O)[C@H]3O)CC[C@]3(C)C(=CC[C@@H]4[C@@]5(C)C[C@H](O)[C@H](O[C@@H]6O[C@H](C(=O)O)[C@@H](O)[C@H](O)[C@H]6O)[C@@](C)(CO)[C@H]5CC[C@]43C)[C@@H]2C1. The summed E-state index contributed by atoms with van der Waals surface area (Å²) >= 11 is 0. The van der Waals surface area contributed by atoms with Crippen LogP contribution < -0.4 is 0 Å². The molecule has 0 amide bonds. The Morgan fingerprint density at radius 2 is 1.40 bits per heavy atom. The number of carbonyl (C=O) groups excluding carboxylic acids is 1. The number of carboxylic acids is 1. The van der Waals surface area contributed by atoms with E-state index < -0.39 is 115 Å². The predicted octanol–water partition coefficient (Wildman–Crippen LogP) is 0.352. The van der Waals surface area contributed by atoms with Crippen LogP contribution in [-0.2, 0) is 28.5 Å². The minimum absolute atomic E-state index is 0.0176. The number of aliphatic hydroxyl groups excluding tert-OH is 9. The van der Waals surface area contributed by atoms with Crippen molar-refractivity contribution in [3.8, 4) is 0 Å². The molecule has 7 rings (SSSR count). The third-order valence-corrected chi connectivity index (χ3v) is 17.3. The summed E-state index contributed by atoms with van der Waals surface area (Å²) in [6.45, 7) is 12.0. The molecule has 0 aromatic rings. The molecule has 58 heavy (non-hydrogen) atoms. The lowest BCUT2D eigenvalue weighted by atomic mass is 9.33. The van der Waals surface area contributed by atoms with E-state index >= 15 is 0 Å². The Morgan fingerprint density at radius 3 is 2.03 bits per heavy atom. The normalized spacial score (nSPS) is 53.8. The first kappa shape index (κ1) is 44.3. The van der Waals surface area contributed by atoms with Crippen LogP contribution in [0.3, 0.4) is 0 Å². The lowest BCUT2D eigenvalue weighted by Crippen LogP contribution is -2.69. The Bertz CT molecular complexity index is 1620. The molecule has 330 valence electrons. The molecule has 6 fully saturated rings. The third-order valence-electron chi connectivity index (χ3n) is 17.3. The van der Waals surface area contributed by atoms with Crippen LogP contribution in [0.15, 0.2) is 11.6 Å². The molecule has 0 aromatic heterocycles. The van der Waals surface area contributed by atoms with Crippen LogP contribution in [0.1, 0.15) is 99.3 Å². The van der Waals surface area contributed by atoms with Gasteiger partial charge >= 0.3 is 11.9 Å². The highest BCUT2D eigenvalue weighted by Crippen LogP contribution is 2.76. The van der Waals surface area contributed by atoms with Gasteiger partial charge in [-0.05, 0) is 97.2 Å². The number of carbonyl (C=O) groups is 2. The first-order valence-electron chi connectivity index (χ1n) is 21.1. The highest BCUT2D eigenvalue weighted by atomic mass is 16.7. The van der Waals surface area contributed by atoms with Crippen molar-refractivity contribution in [3.05, 3.63) is 11.6 Å². The number of fused-ring (bicyclic) bond motifs is 7. The Labute approximate surface area is 339 Å². The van der Waals surface area contributed by atoms with E-state index in [0.717, 1.165) is 12.8 Å². The first-order valence-corrected chi connectivity index (χ1v) is 21.1. The fourth-order valence-electron chi connectivity index (χ4n) is 13.7. The van der Waals surface area contributed by atoms with E-state index in [0.29, 0.717) is 38.5 Å². The molecule has 2 heterocycles. The smallest absolute Gasteiger partial charge is 0.335 e. The van der Waals surface area contributed by atoms with Gasteiger partial charge in [0, 0.05) is 5.41 Å². The second-order valence-electron chi connectivity index (χ2n) is 20.7. The van der Waals surface area contributed by atoms with Gasteiger partial charge in [0.15, 0.2) is 12.4 Å². The molecule has 0 radical (unpaired) electrons. The van der Waals surface area contributed by atoms with Gasteiger partial charge in [-0.1, -0.05) is 53.2 Å². The summed E-state index contributed by atoms with van der Waals surface area (Å²) in [7, 11) is 0. The van der Waals surface area contributed by atoms with Crippen LogP contribution in [-0.4, -0.2) is 150 Å². The molecule has 5 aliphatic carbocycles. The van der Waals surface area contributed by atoms with Crippen molar-refractivity contribution in [2.24, 2.45) is 50.2 Å². The zero-order valence-corrected chi connectivity index (χ0v) is 34.4. The van der Waals surface area contributed by atoms with E-state index in [1.165, 1.54) is 5.57 Å². The summed E-state index contributed by atoms with van der Waals surface area (Å²) in [6.07, 6.45) is -11.5. The van der Waals surface area contributed by atoms with E-state index in [4.69, 9.17) is 18.9 Å². The Balaban J connectivity index is 1.19. The monoisotopic (exact) mass is 826 g/mol. The first-order chi connectivity index (χ1) is 27.0. The number of allylic oxidation sites excluding steroid dienone is 2. The molecule has 16 nitrogen and oxygen atoms in total. The van der Waals surface area contributed by atoms with Gasteiger partial charge in [-0.3, -0.25) is 4.79 Å². The predicted molar refractivity (Wildman–Crippen MR) is 201 cm³/mol. The van der Waals surface area contributed by atoms with Gasteiger partial charge in [-0.25, -0.2) is 4.79 Å². The maximum Gasteiger partial charge on any atom is 0.335 e. The molecule has 2 aliphatic heterocycles. The molecule has 0 bridgehead atoms. The van der Waals surface area contributed by atoms with Crippen molar-refractivity contribution in [1.82, 2.24) is 0 Å². The summed E-state index contributed by atoms with van der Waals surface area (Å²) in [5.74, 6) is -2.48. The highest BCUT2D eigenvalue weighted by Gasteiger charge is 2.71. The fraction of sp³-hybridized carbons (Fsp3) is 0.905. The lowest BCUT2D eigenvalue weighted by molar-refractivity contribution is -0.340. The van der Waals surface area contributed by atoms with Crippen molar-refractivity contribution in [2.45, 2.75) is 173 Å². The number of ether oxygens (including phenoxy) is 4. The highest BCUT2D eigenvalue weighted by molar-refractivity contribution is 5.79. The second-order valence-corrected chi connectivity index (χ2v) is 20.7. The molecule has 0 unspecified atom stereocenters. The molecular weight excluding hydrogens is 760 g/mol. The van der Waals surface area contributed by atoms with Gasteiger partial charge in [0.1, 0.15) is 42.7 Å². The zero-order chi connectivity index (χ0) is 42.7. The maximum atomic E-state index is 14.6. The third kappa shape index (κ3) is 6.37. The van der Waals surface area contributed by atoms with Crippen LogP contribution in [0.2, 0.25) is 0 Å². The van der Waals surface area contributed by atoms with Gasteiger partial charge < -0.3 is 70.0 Å². The van der Waals surface area contributed by atoms with Crippen LogP contribution in [0.5, 0.6) is 0 Å². The van der Waals surface area contributed by atoms with Crippen molar-refractivity contribution < 1.29 is 79.6 Å². The largest absolute Gasteiger partial charge is 0.479 e. The van der Waals surface area contributed by atoms with Gasteiger partial charge in [-0.2, -0.15) is 0 Å². The molecule has 0 aromatic carbocycles. The molecule has 7 aliphatic rings. The topological polar surface area (TPSA) is 273 Å². The number of carboxylic acid groups (broad SMARTS) is 1. The standard InChI is InChI=1S/C42H66O16/c1-37(2)11-13-42(36(54)58-34-29(50)26(47)25(46)22(17-43)55-34)14-12-40(5)19(20(42)15-37)7-8-24-38(3)16-21(45)32(39(4,18-44)23(38)9-10-41(24,40)6)57-35-30(51)27(48)28(49)31(56-35)33(52)53/h7,20-32,34-35,43-51H,8-18H2,1-6H3,(H,52,53)/t20-,21-,22+,23-,24+,25+,26-,27-,28-,29+,30+,31-,32-,34-,35-,38-,39-,40+,41+,42-/m0/s1. The number of aliphatic hydroxyl groups is 9. The summed E-state index contributed by atoms with van der Waals surface area (Å²) < 4.78 is 23.2. The minimum atomic E-state index is -1.91. The number of aliphatic carboxylic acids is 1. The van der Waals surface area contributed by atoms with Crippen molar-refractivity contribution in [2.75, 3.05) is 13.2 Å². The molecular formula is C42H66O16. The molecule has 2 saturated heterocycles. The number of rotatable bonds is 7. The minimum Gasteiger partial charge on any atom is -0.479 e. The molecule has 0 spiro atoms. The van der Waals surface area contributed by atoms with E-state index in [-0.39, 0.29) is 40.4 Å². The summed E-state index contributed by atoms with van der Waals surface area (Å²) in [4.78, 5) is 26.4. The molecule has 16 heteroatoms. The van der Waals surface area contributed by atoms with E-state index in [9.17, 15) is 60.7 Å². The number of hydrogen-bond acceptors (Lipinski definition) is 15. The van der Waals surface area contributed by atoms with Crippen molar-refractivity contribution >= 4 is 11.9 Å². The fourth-order valence-corrected chi connectivity index (χ4v) is 13.7. The Kier molecular flexibility index (Phi) is 11.4. The second kappa shape index (κ2) is 14.9. The lowest BCUT2D eigenvalue weighted by Gasteiger charge is -2.71. The van der Waals surface area contributed by atoms with Crippen LogP contribution in [0.25, 0.3) is 0 Å². The van der Waals surface area contributed by atoms with E-state index in [2.05, 4.69) is 40.7 Å². The van der Waals surface area contributed by atoms with Gasteiger partial charge in [0.05, 0.1) is 30.8 Å². The quantitative estimate of drug-likeness (QED) is 0.0943.